The van der Waals surface area contributed by atoms with Crippen LogP contribution in [0.15, 0.2) is 41.3 Å². The first-order chi connectivity index (χ1) is 14.6. The minimum atomic E-state index is -0.249. The maximum atomic E-state index is 13.6. The number of aryl methyl sites for hydroxylation is 1. The number of ketones is 1. The molecule has 1 N–H and O–H groups in total. The van der Waals surface area contributed by atoms with Crippen LogP contribution in [0.4, 0.5) is 10.1 Å². The molecule has 0 aromatic heterocycles. The summed E-state index contributed by atoms with van der Waals surface area (Å²) in [5, 5.41) is 3.62. The fourth-order valence-electron chi connectivity index (χ4n) is 5.78. The molecule has 3 aliphatic heterocycles. The topological polar surface area (TPSA) is 32.3 Å². The molecule has 30 heavy (non-hydrogen) atoms. The molecule has 3 nitrogen and oxygen atoms in total. The average molecular weight is 425 g/mol. The van der Waals surface area contributed by atoms with Crippen LogP contribution in [-0.2, 0) is 0 Å². The molecule has 2 aromatic rings. The number of nitrogens with one attached hydrogen (secondary N) is 1. The fourth-order valence-corrected chi connectivity index (χ4v) is 6.81. The summed E-state index contributed by atoms with van der Waals surface area (Å²) in [7, 11) is 0. The van der Waals surface area contributed by atoms with Crippen LogP contribution >= 0.6 is 11.8 Å². The van der Waals surface area contributed by atoms with Crippen molar-refractivity contribution in [1.29, 1.82) is 0 Å². The molecule has 0 bridgehead atoms. The third-order valence-electron chi connectivity index (χ3n) is 7.22. The summed E-state index contributed by atoms with van der Waals surface area (Å²) < 4.78 is 13.6. The minimum Gasteiger partial charge on any atom is -0.364 e. The van der Waals surface area contributed by atoms with Gasteiger partial charge < -0.3 is 10.2 Å². The summed E-state index contributed by atoms with van der Waals surface area (Å²) in [5.74, 6) is 1.54. The SMILES string of the molecule is Cc1cc(C(=O)CCC[C@]23CCNC[C@H]2c2cccc4c2N3CCCS4)ccc1F. The van der Waals surface area contributed by atoms with Gasteiger partial charge in [-0.2, -0.15) is 0 Å². The Hall–Kier alpha value is -1.85. The maximum absolute atomic E-state index is 13.6. The Morgan fingerprint density at radius 1 is 1.33 bits per heavy atom. The number of para-hydroxylation sites is 1. The molecular formula is C25H29FN2OS. The molecule has 0 amide bonds. The molecule has 2 atom stereocenters. The van der Waals surface area contributed by atoms with Crippen molar-refractivity contribution in [2.45, 2.75) is 55.4 Å². The number of rotatable bonds is 5. The van der Waals surface area contributed by atoms with E-state index in [4.69, 9.17) is 0 Å². The molecule has 0 unspecified atom stereocenters. The van der Waals surface area contributed by atoms with Crippen LogP contribution in [-0.4, -0.2) is 36.7 Å². The predicted octanol–water partition coefficient (Wildman–Crippen LogP) is 5.32. The molecule has 1 saturated heterocycles. The number of nitrogens with zero attached hydrogens (tertiary/aromatic N) is 1. The molecule has 0 aliphatic carbocycles. The van der Waals surface area contributed by atoms with E-state index >= 15 is 0 Å². The van der Waals surface area contributed by atoms with Gasteiger partial charge in [0.1, 0.15) is 5.82 Å². The number of benzene rings is 2. The van der Waals surface area contributed by atoms with Gasteiger partial charge >= 0.3 is 0 Å². The van der Waals surface area contributed by atoms with E-state index in [1.165, 1.54) is 34.4 Å². The summed E-state index contributed by atoms with van der Waals surface area (Å²) in [6, 6.07) is 11.5. The molecule has 5 heteroatoms. The molecule has 158 valence electrons. The summed E-state index contributed by atoms with van der Waals surface area (Å²) in [4.78, 5) is 16.9. The Morgan fingerprint density at radius 2 is 2.23 bits per heavy atom. The number of Topliss-reactive ketones (excluding diaryl/α,β-unsaturated/α-hetero) is 1. The number of fused-ring (bicyclic) bond motifs is 3. The van der Waals surface area contributed by atoms with Crippen molar-refractivity contribution in [3.63, 3.8) is 0 Å². The average Bonchev–Trinajstić information content (AvgIpc) is 2.87. The molecule has 1 fully saturated rings. The molecule has 3 heterocycles. The third-order valence-corrected chi connectivity index (χ3v) is 8.36. The van der Waals surface area contributed by atoms with Crippen molar-refractivity contribution in [3.05, 3.63) is 58.9 Å². The predicted molar refractivity (Wildman–Crippen MR) is 121 cm³/mol. The van der Waals surface area contributed by atoms with E-state index in [0.717, 1.165) is 38.9 Å². The van der Waals surface area contributed by atoms with Crippen molar-refractivity contribution in [2.24, 2.45) is 0 Å². The van der Waals surface area contributed by atoms with Gasteiger partial charge in [0.2, 0.25) is 0 Å². The first kappa shape index (κ1) is 20.1. The number of anilines is 1. The summed E-state index contributed by atoms with van der Waals surface area (Å²) >= 11 is 1.99. The van der Waals surface area contributed by atoms with Gasteiger partial charge in [0, 0.05) is 41.4 Å². The van der Waals surface area contributed by atoms with Gasteiger partial charge in [-0.25, -0.2) is 4.39 Å². The van der Waals surface area contributed by atoms with Crippen molar-refractivity contribution in [1.82, 2.24) is 5.32 Å². The van der Waals surface area contributed by atoms with Crippen LogP contribution in [0.1, 0.15) is 59.5 Å². The number of hydrogen-bond donors (Lipinski definition) is 1. The van der Waals surface area contributed by atoms with Crippen molar-refractivity contribution < 1.29 is 9.18 Å². The Kier molecular flexibility index (Phi) is 5.36. The first-order valence-corrected chi connectivity index (χ1v) is 12.1. The highest BCUT2D eigenvalue weighted by Gasteiger charge is 2.52. The van der Waals surface area contributed by atoms with Crippen LogP contribution in [0, 0.1) is 12.7 Å². The molecule has 0 spiro atoms. The van der Waals surface area contributed by atoms with Gasteiger partial charge in [0.15, 0.2) is 5.78 Å². The van der Waals surface area contributed by atoms with E-state index in [-0.39, 0.29) is 17.1 Å². The van der Waals surface area contributed by atoms with Crippen LogP contribution in [0.2, 0.25) is 0 Å². The number of thioether (sulfide) groups is 1. The van der Waals surface area contributed by atoms with Crippen molar-refractivity contribution in [2.75, 3.05) is 30.3 Å². The maximum Gasteiger partial charge on any atom is 0.162 e. The lowest BCUT2D eigenvalue weighted by Gasteiger charge is -2.47. The zero-order valence-electron chi connectivity index (χ0n) is 17.5. The first-order valence-electron chi connectivity index (χ1n) is 11.1. The smallest absolute Gasteiger partial charge is 0.162 e. The van der Waals surface area contributed by atoms with Crippen LogP contribution < -0.4 is 10.2 Å². The van der Waals surface area contributed by atoms with Gasteiger partial charge in [-0.3, -0.25) is 4.79 Å². The zero-order chi connectivity index (χ0) is 20.7. The summed E-state index contributed by atoms with van der Waals surface area (Å²) in [5.41, 5.74) is 4.26. The standard InChI is InChI=1S/C25H29FN2OS/c1-17-15-18(8-9-21(17)26)22(29)6-3-10-25-11-12-27-16-20(25)19-5-2-7-23-24(19)28(25)13-4-14-30-23/h2,5,7-9,15,20,27H,3-4,6,10-14,16H2,1H3/t20-,25-/m0/s1. The van der Waals surface area contributed by atoms with Crippen LogP contribution in [0.3, 0.4) is 0 Å². The fraction of sp³-hybridized carbons (Fsp3) is 0.480. The van der Waals surface area contributed by atoms with Gasteiger partial charge in [-0.05, 0) is 80.3 Å². The van der Waals surface area contributed by atoms with E-state index < -0.39 is 0 Å². The largest absolute Gasteiger partial charge is 0.364 e. The van der Waals surface area contributed by atoms with E-state index in [0.29, 0.717) is 23.5 Å². The van der Waals surface area contributed by atoms with Gasteiger partial charge in [-0.15, -0.1) is 11.8 Å². The number of carbonyl (C=O) groups excluding carboxylic acids is 1. The normalized spacial score (nSPS) is 24.9. The van der Waals surface area contributed by atoms with E-state index in [9.17, 15) is 9.18 Å². The van der Waals surface area contributed by atoms with Gasteiger partial charge in [0.05, 0.1) is 5.69 Å². The summed E-state index contributed by atoms with van der Waals surface area (Å²) in [6.45, 7) is 4.88. The lowest BCUT2D eigenvalue weighted by Crippen LogP contribution is -2.56. The second-order valence-electron chi connectivity index (χ2n) is 8.90. The molecule has 0 saturated carbocycles. The quantitative estimate of drug-likeness (QED) is 0.659. The second kappa shape index (κ2) is 8.01. The van der Waals surface area contributed by atoms with Crippen molar-refractivity contribution in [3.8, 4) is 0 Å². The van der Waals surface area contributed by atoms with E-state index in [1.54, 1.807) is 19.1 Å². The Labute approximate surface area is 182 Å². The lowest BCUT2D eigenvalue weighted by molar-refractivity contribution is 0.0974. The van der Waals surface area contributed by atoms with E-state index in [2.05, 4.69) is 28.4 Å². The Balaban J connectivity index is 1.38. The lowest BCUT2D eigenvalue weighted by atomic mass is 9.73. The molecular weight excluding hydrogens is 395 g/mol. The Morgan fingerprint density at radius 3 is 3.10 bits per heavy atom. The highest BCUT2D eigenvalue weighted by molar-refractivity contribution is 7.99. The zero-order valence-corrected chi connectivity index (χ0v) is 18.4. The monoisotopic (exact) mass is 424 g/mol. The van der Waals surface area contributed by atoms with Gasteiger partial charge in [0.25, 0.3) is 0 Å². The van der Waals surface area contributed by atoms with Crippen LogP contribution in [0.5, 0.6) is 0 Å². The molecule has 2 aromatic carbocycles. The second-order valence-corrected chi connectivity index (χ2v) is 10.0. The molecule has 0 radical (unpaired) electrons. The highest BCUT2D eigenvalue weighted by atomic mass is 32.2. The number of piperidine rings is 1. The van der Waals surface area contributed by atoms with Crippen molar-refractivity contribution >= 4 is 23.2 Å². The minimum absolute atomic E-state index is 0.119. The third kappa shape index (κ3) is 3.27. The van der Waals surface area contributed by atoms with Crippen LogP contribution in [0.25, 0.3) is 0 Å². The number of carbonyl (C=O) groups is 1. The number of hydrogen-bond acceptors (Lipinski definition) is 4. The Bertz CT molecular complexity index is 978. The van der Waals surface area contributed by atoms with E-state index in [1.807, 2.05) is 11.8 Å². The molecule has 3 aliphatic rings. The number of halogens is 1. The highest BCUT2D eigenvalue weighted by Crippen LogP contribution is 2.56. The summed E-state index contributed by atoms with van der Waals surface area (Å²) in [6.07, 6.45) is 4.76. The molecule has 5 rings (SSSR count). The van der Waals surface area contributed by atoms with Gasteiger partial charge in [-0.1, -0.05) is 12.1 Å².